The van der Waals surface area contributed by atoms with E-state index in [0.29, 0.717) is 5.75 Å². The first-order valence-electron chi connectivity index (χ1n) is 6.54. The third-order valence-corrected chi connectivity index (χ3v) is 5.91. The summed E-state index contributed by atoms with van der Waals surface area (Å²) in [7, 11) is -3.74. The van der Waals surface area contributed by atoms with E-state index in [0.717, 1.165) is 16.9 Å². The summed E-state index contributed by atoms with van der Waals surface area (Å²) < 4.78 is 30.1. The van der Waals surface area contributed by atoms with Crippen molar-refractivity contribution in [3.8, 4) is 5.75 Å². The molecule has 0 aliphatic carbocycles. The Morgan fingerprint density at radius 2 is 1.90 bits per heavy atom. The Hall–Kier alpha value is -1.33. The molecule has 1 aromatic carbocycles. The van der Waals surface area contributed by atoms with E-state index >= 15 is 0 Å². The molecule has 0 amide bonds. The second kappa shape index (κ2) is 5.97. The van der Waals surface area contributed by atoms with Crippen LogP contribution in [0.3, 0.4) is 0 Å². The minimum absolute atomic E-state index is 0.244. The van der Waals surface area contributed by atoms with E-state index < -0.39 is 10.1 Å². The molecule has 1 atom stereocenters. The fraction of sp³-hybridized carbons (Fsp3) is 0.333. The van der Waals surface area contributed by atoms with Gasteiger partial charge in [0.15, 0.2) is 4.21 Å². The Bertz CT molecular complexity index is 687. The van der Waals surface area contributed by atoms with Crippen LogP contribution in [0.2, 0.25) is 0 Å². The van der Waals surface area contributed by atoms with Crippen LogP contribution in [-0.2, 0) is 10.1 Å². The lowest BCUT2D eigenvalue weighted by atomic mass is 9.98. The lowest BCUT2D eigenvalue weighted by molar-refractivity contribution is 0.482. The smallest absolute Gasteiger partial charge is 0.348 e. The van der Waals surface area contributed by atoms with Gasteiger partial charge in [0.2, 0.25) is 0 Å². The Morgan fingerprint density at radius 3 is 2.50 bits per heavy atom. The molecule has 5 heteroatoms. The standard InChI is InChI=1S/C15H18O3S2/c1-4-11(2)13-7-5-6-8-14(13)18-20(16,17)15-10-9-12(3)19-15/h5-11H,4H2,1-3H3. The molecule has 108 valence electrons. The van der Waals surface area contributed by atoms with Crippen molar-refractivity contribution in [2.45, 2.75) is 37.3 Å². The summed E-state index contributed by atoms with van der Waals surface area (Å²) in [6.07, 6.45) is 0.929. The van der Waals surface area contributed by atoms with Crippen molar-refractivity contribution in [3.05, 3.63) is 46.8 Å². The lowest BCUT2D eigenvalue weighted by Crippen LogP contribution is -2.10. The summed E-state index contributed by atoms with van der Waals surface area (Å²) in [4.78, 5) is 0.947. The second-order valence-corrected chi connectivity index (χ2v) is 7.81. The monoisotopic (exact) mass is 310 g/mol. The Balaban J connectivity index is 2.35. The zero-order valence-electron chi connectivity index (χ0n) is 11.8. The van der Waals surface area contributed by atoms with Crippen molar-refractivity contribution in [1.82, 2.24) is 0 Å². The molecule has 0 radical (unpaired) electrons. The zero-order valence-corrected chi connectivity index (χ0v) is 13.4. The molecule has 1 unspecified atom stereocenters. The Kier molecular flexibility index (Phi) is 4.50. The summed E-state index contributed by atoms with van der Waals surface area (Å²) in [5, 5.41) is 0. The molecule has 0 aliphatic rings. The highest BCUT2D eigenvalue weighted by Crippen LogP contribution is 2.31. The zero-order chi connectivity index (χ0) is 14.8. The molecule has 2 rings (SSSR count). The van der Waals surface area contributed by atoms with Crippen molar-refractivity contribution in [1.29, 1.82) is 0 Å². The minimum Gasteiger partial charge on any atom is -0.378 e. The van der Waals surface area contributed by atoms with Gasteiger partial charge in [0.1, 0.15) is 5.75 Å². The summed E-state index contributed by atoms with van der Waals surface area (Å²) >= 11 is 1.22. The number of rotatable bonds is 5. The summed E-state index contributed by atoms with van der Waals surface area (Å²) in [5.74, 6) is 0.680. The first kappa shape index (κ1) is 15.1. The average Bonchev–Trinajstić information content (AvgIpc) is 2.86. The van der Waals surface area contributed by atoms with Crippen molar-refractivity contribution >= 4 is 21.5 Å². The number of aryl methyl sites for hydroxylation is 1. The third-order valence-electron chi connectivity index (χ3n) is 3.22. The van der Waals surface area contributed by atoms with Crippen LogP contribution in [0, 0.1) is 6.92 Å². The highest BCUT2D eigenvalue weighted by Gasteiger charge is 2.21. The van der Waals surface area contributed by atoms with Gasteiger partial charge in [-0.25, -0.2) is 0 Å². The Morgan fingerprint density at radius 1 is 1.20 bits per heavy atom. The molecule has 3 nitrogen and oxygen atoms in total. The maximum atomic E-state index is 12.3. The molecule has 1 heterocycles. The van der Waals surface area contributed by atoms with Gasteiger partial charge in [0.25, 0.3) is 0 Å². The van der Waals surface area contributed by atoms with Crippen molar-refractivity contribution in [3.63, 3.8) is 0 Å². The van der Waals surface area contributed by atoms with Gasteiger partial charge in [-0.15, -0.1) is 11.3 Å². The third kappa shape index (κ3) is 3.22. The van der Waals surface area contributed by atoms with Crippen molar-refractivity contribution in [2.24, 2.45) is 0 Å². The predicted octanol–water partition coefficient (Wildman–Crippen LogP) is 4.34. The lowest BCUT2D eigenvalue weighted by Gasteiger charge is -2.14. The summed E-state index contributed by atoms with van der Waals surface area (Å²) in [6.45, 7) is 6.00. The van der Waals surface area contributed by atoms with E-state index in [2.05, 4.69) is 13.8 Å². The highest BCUT2D eigenvalue weighted by molar-refractivity contribution is 7.89. The van der Waals surface area contributed by atoms with Crippen molar-refractivity contribution < 1.29 is 12.6 Å². The van der Waals surface area contributed by atoms with E-state index in [4.69, 9.17) is 4.18 Å². The molecule has 0 spiro atoms. The van der Waals surface area contributed by atoms with Crippen molar-refractivity contribution in [2.75, 3.05) is 0 Å². The van der Waals surface area contributed by atoms with Crippen LogP contribution in [0.5, 0.6) is 5.75 Å². The number of thiophene rings is 1. The summed E-state index contributed by atoms with van der Waals surface area (Å²) in [5.41, 5.74) is 0.923. The molecule has 0 saturated heterocycles. The fourth-order valence-electron chi connectivity index (χ4n) is 1.89. The van der Waals surface area contributed by atoms with Gasteiger partial charge >= 0.3 is 10.1 Å². The topological polar surface area (TPSA) is 43.4 Å². The van der Waals surface area contributed by atoms with Crippen LogP contribution in [0.1, 0.15) is 36.6 Å². The molecule has 2 aromatic rings. The van der Waals surface area contributed by atoms with Crippen LogP contribution in [0.4, 0.5) is 0 Å². The summed E-state index contributed by atoms with van der Waals surface area (Å²) in [6, 6.07) is 10.7. The number of hydrogen-bond acceptors (Lipinski definition) is 4. The molecule has 0 N–H and O–H groups in total. The van der Waals surface area contributed by atoms with Gasteiger partial charge in [0, 0.05) is 4.88 Å². The van der Waals surface area contributed by atoms with E-state index in [1.807, 2.05) is 19.1 Å². The van der Waals surface area contributed by atoms with Crippen LogP contribution in [0.25, 0.3) is 0 Å². The fourth-order valence-corrected chi connectivity index (χ4v) is 4.09. The largest absolute Gasteiger partial charge is 0.378 e. The first-order chi connectivity index (χ1) is 9.44. The van der Waals surface area contributed by atoms with Crippen LogP contribution >= 0.6 is 11.3 Å². The Labute approximate surface area is 124 Å². The predicted molar refractivity (Wildman–Crippen MR) is 82.0 cm³/mol. The maximum absolute atomic E-state index is 12.3. The first-order valence-corrected chi connectivity index (χ1v) is 8.76. The normalized spacial score (nSPS) is 13.2. The van der Waals surface area contributed by atoms with Gasteiger partial charge in [0.05, 0.1) is 0 Å². The van der Waals surface area contributed by atoms with E-state index in [1.54, 1.807) is 24.3 Å². The molecular formula is C15H18O3S2. The molecule has 0 bridgehead atoms. The van der Waals surface area contributed by atoms with Gasteiger partial charge in [-0.05, 0) is 43.0 Å². The quantitative estimate of drug-likeness (QED) is 0.772. The molecule has 20 heavy (non-hydrogen) atoms. The minimum atomic E-state index is -3.74. The van der Waals surface area contributed by atoms with Gasteiger partial charge in [-0.2, -0.15) is 8.42 Å². The van der Waals surface area contributed by atoms with E-state index in [1.165, 1.54) is 11.3 Å². The highest BCUT2D eigenvalue weighted by atomic mass is 32.3. The van der Waals surface area contributed by atoms with E-state index in [9.17, 15) is 8.42 Å². The number of hydrogen-bond donors (Lipinski definition) is 0. The molecule has 0 saturated carbocycles. The molecule has 0 fully saturated rings. The molecule has 0 aliphatic heterocycles. The van der Waals surface area contributed by atoms with Gasteiger partial charge in [-0.1, -0.05) is 32.0 Å². The maximum Gasteiger partial charge on any atom is 0.348 e. The van der Waals surface area contributed by atoms with Gasteiger partial charge < -0.3 is 4.18 Å². The van der Waals surface area contributed by atoms with Crippen LogP contribution < -0.4 is 4.18 Å². The molecule has 1 aromatic heterocycles. The molecular weight excluding hydrogens is 292 g/mol. The second-order valence-electron chi connectivity index (χ2n) is 4.75. The van der Waals surface area contributed by atoms with E-state index in [-0.39, 0.29) is 10.1 Å². The number of para-hydroxylation sites is 1. The number of benzene rings is 1. The average molecular weight is 310 g/mol. The van der Waals surface area contributed by atoms with Crippen LogP contribution in [0.15, 0.2) is 40.6 Å². The SMILES string of the molecule is CCC(C)c1ccccc1OS(=O)(=O)c1ccc(C)s1. The van der Waals surface area contributed by atoms with Crippen LogP contribution in [-0.4, -0.2) is 8.42 Å². The van der Waals surface area contributed by atoms with Gasteiger partial charge in [-0.3, -0.25) is 0 Å².